The number of nitrogens with zero attached hydrogens (tertiary/aromatic N) is 1. The van der Waals surface area contributed by atoms with Gasteiger partial charge in [0.05, 0.1) is 5.69 Å². The Labute approximate surface area is 122 Å². The van der Waals surface area contributed by atoms with E-state index in [1.54, 1.807) is 6.07 Å². The SMILES string of the molecule is Cc1cc(Cl)nc(Cl)c1NC(=O)CC1CCNCC1. The molecule has 1 saturated heterocycles. The number of amides is 1. The van der Waals surface area contributed by atoms with Gasteiger partial charge in [-0.2, -0.15) is 0 Å². The average molecular weight is 302 g/mol. The monoisotopic (exact) mass is 301 g/mol. The predicted octanol–water partition coefficient (Wildman–Crippen LogP) is 3.03. The molecular weight excluding hydrogens is 285 g/mol. The van der Waals surface area contributed by atoms with Gasteiger partial charge >= 0.3 is 0 Å². The Hall–Kier alpha value is -0.840. The van der Waals surface area contributed by atoms with Crippen LogP contribution in [0.4, 0.5) is 5.69 Å². The smallest absolute Gasteiger partial charge is 0.224 e. The van der Waals surface area contributed by atoms with Crippen LogP contribution < -0.4 is 10.6 Å². The van der Waals surface area contributed by atoms with Gasteiger partial charge in [-0.25, -0.2) is 4.98 Å². The number of hydrogen-bond acceptors (Lipinski definition) is 3. The van der Waals surface area contributed by atoms with Crippen LogP contribution in [0.1, 0.15) is 24.8 Å². The second-order valence-corrected chi connectivity index (χ2v) is 5.62. The maximum Gasteiger partial charge on any atom is 0.224 e. The van der Waals surface area contributed by atoms with Gasteiger partial charge < -0.3 is 10.6 Å². The van der Waals surface area contributed by atoms with Gasteiger partial charge in [0, 0.05) is 6.42 Å². The predicted molar refractivity (Wildman–Crippen MR) is 77.8 cm³/mol. The Morgan fingerprint density at radius 3 is 2.79 bits per heavy atom. The lowest BCUT2D eigenvalue weighted by Crippen LogP contribution is -2.30. The van der Waals surface area contributed by atoms with Crippen LogP contribution in [0, 0.1) is 12.8 Å². The topological polar surface area (TPSA) is 54.0 Å². The van der Waals surface area contributed by atoms with Crippen molar-refractivity contribution in [1.82, 2.24) is 10.3 Å². The van der Waals surface area contributed by atoms with Crippen molar-refractivity contribution in [3.8, 4) is 0 Å². The van der Waals surface area contributed by atoms with E-state index in [2.05, 4.69) is 15.6 Å². The summed E-state index contributed by atoms with van der Waals surface area (Å²) in [6, 6.07) is 1.69. The summed E-state index contributed by atoms with van der Waals surface area (Å²) >= 11 is 11.8. The number of pyridine rings is 1. The van der Waals surface area contributed by atoms with E-state index < -0.39 is 0 Å². The zero-order valence-corrected chi connectivity index (χ0v) is 12.3. The summed E-state index contributed by atoms with van der Waals surface area (Å²) < 4.78 is 0. The third-order valence-electron chi connectivity index (χ3n) is 3.34. The summed E-state index contributed by atoms with van der Waals surface area (Å²) in [6.07, 6.45) is 2.61. The molecule has 2 N–H and O–H groups in total. The van der Waals surface area contributed by atoms with Crippen LogP contribution in [-0.2, 0) is 4.79 Å². The lowest BCUT2D eigenvalue weighted by molar-refractivity contribution is -0.117. The fourth-order valence-corrected chi connectivity index (χ4v) is 2.86. The molecule has 0 unspecified atom stereocenters. The van der Waals surface area contributed by atoms with E-state index in [0.717, 1.165) is 31.5 Å². The average Bonchev–Trinajstić information content (AvgIpc) is 2.35. The molecule has 19 heavy (non-hydrogen) atoms. The molecule has 0 bridgehead atoms. The molecule has 0 aromatic carbocycles. The molecule has 0 radical (unpaired) electrons. The molecule has 1 fully saturated rings. The fourth-order valence-electron chi connectivity index (χ4n) is 2.28. The highest BCUT2D eigenvalue weighted by Crippen LogP contribution is 2.27. The molecule has 1 aromatic heterocycles. The summed E-state index contributed by atoms with van der Waals surface area (Å²) in [4.78, 5) is 16.0. The molecule has 104 valence electrons. The van der Waals surface area contributed by atoms with Gasteiger partial charge in [-0.15, -0.1) is 0 Å². The van der Waals surface area contributed by atoms with E-state index in [4.69, 9.17) is 23.2 Å². The van der Waals surface area contributed by atoms with Gasteiger partial charge in [-0.05, 0) is 50.4 Å². The van der Waals surface area contributed by atoms with Crippen molar-refractivity contribution < 1.29 is 4.79 Å². The maximum absolute atomic E-state index is 12.0. The van der Waals surface area contributed by atoms with Crippen molar-refractivity contribution in [1.29, 1.82) is 0 Å². The van der Waals surface area contributed by atoms with Crippen LogP contribution in [0.5, 0.6) is 0 Å². The molecule has 6 heteroatoms. The number of nitrogens with one attached hydrogen (secondary N) is 2. The number of carbonyl (C=O) groups excluding carboxylic acids is 1. The van der Waals surface area contributed by atoms with Crippen molar-refractivity contribution >= 4 is 34.8 Å². The van der Waals surface area contributed by atoms with E-state index in [0.29, 0.717) is 23.2 Å². The first-order valence-corrected chi connectivity index (χ1v) is 7.15. The van der Waals surface area contributed by atoms with Crippen LogP contribution in [0.15, 0.2) is 6.07 Å². The van der Waals surface area contributed by atoms with Crippen LogP contribution in [0.25, 0.3) is 0 Å². The summed E-state index contributed by atoms with van der Waals surface area (Å²) in [5.41, 5.74) is 1.38. The molecule has 1 aliphatic heterocycles. The molecule has 1 amide bonds. The Morgan fingerprint density at radius 2 is 2.16 bits per heavy atom. The molecule has 2 rings (SSSR count). The highest BCUT2D eigenvalue weighted by molar-refractivity contribution is 6.34. The fraction of sp³-hybridized carbons (Fsp3) is 0.538. The zero-order valence-electron chi connectivity index (χ0n) is 10.8. The van der Waals surface area contributed by atoms with Crippen molar-refractivity contribution in [3.63, 3.8) is 0 Å². The van der Waals surface area contributed by atoms with Crippen molar-refractivity contribution in [3.05, 3.63) is 21.9 Å². The van der Waals surface area contributed by atoms with Gasteiger partial charge in [0.25, 0.3) is 0 Å². The highest BCUT2D eigenvalue weighted by Gasteiger charge is 2.18. The number of aromatic nitrogens is 1. The maximum atomic E-state index is 12.0. The largest absolute Gasteiger partial charge is 0.323 e. The molecular formula is C13H17Cl2N3O. The molecule has 0 aliphatic carbocycles. The van der Waals surface area contributed by atoms with Crippen LogP contribution in [0.2, 0.25) is 10.3 Å². The molecule has 1 aromatic rings. The Balaban J connectivity index is 1.98. The third-order valence-corrected chi connectivity index (χ3v) is 3.81. The van der Waals surface area contributed by atoms with Crippen molar-refractivity contribution in [2.75, 3.05) is 18.4 Å². The minimum atomic E-state index is -0.0129. The van der Waals surface area contributed by atoms with Crippen molar-refractivity contribution in [2.45, 2.75) is 26.2 Å². The number of carbonyl (C=O) groups is 1. The number of rotatable bonds is 3. The molecule has 0 spiro atoms. The molecule has 0 atom stereocenters. The first-order valence-electron chi connectivity index (χ1n) is 6.39. The summed E-state index contributed by atoms with van der Waals surface area (Å²) in [7, 11) is 0. The quantitative estimate of drug-likeness (QED) is 0.844. The number of halogens is 2. The van der Waals surface area contributed by atoms with Crippen molar-refractivity contribution in [2.24, 2.45) is 5.92 Å². The molecule has 0 saturated carbocycles. The van der Waals surface area contributed by atoms with Gasteiger partial charge in [-0.1, -0.05) is 23.2 Å². The minimum absolute atomic E-state index is 0.0129. The molecule has 4 nitrogen and oxygen atoms in total. The summed E-state index contributed by atoms with van der Waals surface area (Å²) in [6.45, 7) is 3.82. The van der Waals surface area contributed by atoms with E-state index >= 15 is 0 Å². The Morgan fingerprint density at radius 1 is 1.47 bits per heavy atom. The first kappa shape index (κ1) is 14.6. The summed E-state index contributed by atoms with van der Waals surface area (Å²) in [5, 5.41) is 6.70. The second-order valence-electron chi connectivity index (χ2n) is 4.87. The Kier molecular flexibility index (Phi) is 5.02. The molecule has 2 heterocycles. The van der Waals surface area contributed by atoms with Gasteiger partial charge in [0.1, 0.15) is 5.15 Å². The lowest BCUT2D eigenvalue weighted by Gasteiger charge is -2.22. The van der Waals surface area contributed by atoms with Gasteiger partial charge in [0.15, 0.2) is 5.15 Å². The van der Waals surface area contributed by atoms with E-state index in [1.165, 1.54) is 0 Å². The van der Waals surface area contributed by atoms with Crippen LogP contribution in [0.3, 0.4) is 0 Å². The molecule has 1 aliphatic rings. The van der Waals surface area contributed by atoms with Gasteiger partial charge in [-0.3, -0.25) is 4.79 Å². The Bertz CT molecular complexity index is 450. The first-order chi connectivity index (χ1) is 9.06. The van der Waals surface area contributed by atoms with Crippen LogP contribution in [-0.4, -0.2) is 24.0 Å². The van der Waals surface area contributed by atoms with E-state index in [1.807, 2.05) is 6.92 Å². The van der Waals surface area contributed by atoms with Crippen LogP contribution >= 0.6 is 23.2 Å². The number of anilines is 1. The number of piperidine rings is 1. The second kappa shape index (κ2) is 6.55. The zero-order chi connectivity index (χ0) is 13.8. The van der Waals surface area contributed by atoms with E-state index in [9.17, 15) is 4.79 Å². The third kappa shape index (κ3) is 4.06. The minimum Gasteiger partial charge on any atom is -0.323 e. The normalized spacial score (nSPS) is 16.4. The highest BCUT2D eigenvalue weighted by atomic mass is 35.5. The lowest BCUT2D eigenvalue weighted by atomic mass is 9.94. The number of aryl methyl sites for hydroxylation is 1. The van der Waals surface area contributed by atoms with E-state index in [-0.39, 0.29) is 11.1 Å². The van der Waals surface area contributed by atoms with Gasteiger partial charge in [0.2, 0.25) is 5.91 Å². The standard InChI is InChI=1S/C13H17Cl2N3O/c1-8-6-10(14)17-13(15)12(8)18-11(19)7-9-2-4-16-5-3-9/h6,9,16H,2-5,7H2,1H3,(H,18,19). The number of hydrogen-bond donors (Lipinski definition) is 2. The summed E-state index contributed by atoms with van der Waals surface area (Å²) in [5.74, 6) is 0.432.